The van der Waals surface area contributed by atoms with Gasteiger partial charge in [-0.3, -0.25) is 10.1 Å². The zero-order valence-electron chi connectivity index (χ0n) is 9.78. The van der Waals surface area contributed by atoms with Gasteiger partial charge in [0.1, 0.15) is 10.2 Å². The Hall–Kier alpha value is -1.43. The highest BCUT2D eigenvalue weighted by Gasteiger charge is 2.17. The van der Waals surface area contributed by atoms with Crippen molar-refractivity contribution in [2.45, 2.75) is 26.4 Å². The number of halogens is 1. The fourth-order valence-electron chi connectivity index (χ4n) is 1.06. The molecular formula is C11H13BrN2O3. The highest BCUT2D eigenvalue weighted by Crippen LogP contribution is 2.18. The molecule has 0 radical (unpaired) electrons. The van der Waals surface area contributed by atoms with Gasteiger partial charge >= 0.3 is 6.09 Å². The number of nitrogens with zero attached hydrogens (tertiary/aromatic N) is 1. The maximum Gasteiger partial charge on any atom is 0.412 e. The van der Waals surface area contributed by atoms with Gasteiger partial charge in [0.25, 0.3) is 0 Å². The van der Waals surface area contributed by atoms with Crippen LogP contribution in [-0.4, -0.2) is 23.0 Å². The molecule has 0 saturated carbocycles. The number of anilines is 1. The first-order valence-electron chi connectivity index (χ1n) is 4.92. The molecular weight excluding hydrogens is 288 g/mol. The van der Waals surface area contributed by atoms with Gasteiger partial charge in [-0.2, -0.15) is 0 Å². The van der Waals surface area contributed by atoms with Crippen molar-refractivity contribution in [2.75, 3.05) is 5.32 Å². The zero-order valence-corrected chi connectivity index (χ0v) is 11.4. The van der Waals surface area contributed by atoms with Crippen molar-refractivity contribution in [3.8, 4) is 0 Å². The van der Waals surface area contributed by atoms with Crippen molar-refractivity contribution in [1.29, 1.82) is 0 Å². The molecule has 1 aromatic heterocycles. The molecule has 0 bridgehead atoms. The molecule has 1 rings (SSSR count). The van der Waals surface area contributed by atoms with Crippen molar-refractivity contribution in [2.24, 2.45) is 0 Å². The predicted molar refractivity (Wildman–Crippen MR) is 67.2 cm³/mol. The second-order valence-corrected chi connectivity index (χ2v) is 5.15. The largest absolute Gasteiger partial charge is 0.444 e. The van der Waals surface area contributed by atoms with Crippen LogP contribution in [0.5, 0.6) is 0 Å². The molecule has 1 heterocycles. The van der Waals surface area contributed by atoms with Crippen molar-refractivity contribution >= 4 is 34.0 Å². The van der Waals surface area contributed by atoms with Gasteiger partial charge in [-0.1, -0.05) is 0 Å². The van der Waals surface area contributed by atoms with E-state index >= 15 is 0 Å². The Balaban J connectivity index is 2.84. The monoisotopic (exact) mass is 300 g/mol. The Morgan fingerprint density at radius 1 is 1.53 bits per heavy atom. The van der Waals surface area contributed by atoms with E-state index < -0.39 is 11.7 Å². The Kier molecular flexibility index (Phi) is 4.22. The molecule has 0 spiro atoms. The third-order valence-corrected chi connectivity index (χ3v) is 2.10. The number of carbonyl (C=O) groups is 2. The third-order valence-electron chi connectivity index (χ3n) is 1.66. The van der Waals surface area contributed by atoms with Crippen molar-refractivity contribution < 1.29 is 14.3 Å². The number of ether oxygens (including phenoxy) is 1. The highest BCUT2D eigenvalue weighted by molar-refractivity contribution is 9.10. The summed E-state index contributed by atoms with van der Waals surface area (Å²) in [5, 5.41) is 2.50. The summed E-state index contributed by atoms with van der Waals surface area (Å²) in [7, 11) is 0. The summed E-state index contributed by atoms with van der Waals surface area (Å²) in [6.07, 6.45) is 1.37. The lowest BCUT2D eigenvalue weighted by molar-refractivity contribution is 0.0636. The summed E-state index contributed by atoms with van der Waals surface area (Å²) >= 11 is 3.16. The SMILES string of the molecule is CC(C)(C)OC(=O)Nc1cc(Br)ncc1C=O. The van der Waals surface area contributed by atoms with Crippen LogP contribution in [0.4, 0.5) is 10.5 Å². The van der Waals surface area contributed by atoms with Crippen molar-refractivity contribution in [1.82, 2.24) is 4.98 Å². The van der Waals surface area contributed by atoms with E-state index in [4.69, 9.17) is 4.74 Å². The Bertz CT molecular complexity index is 441. The predicted octanol–water partition coefficient (Wildman–Crippen LogP) is 3.00. The minimum absolute atomic E-state index is 0.291. The maximum atomic E-state index is 11.5. The maximum absolute atomic E-state index is 11.5. The van der Waals surface area contributed by atoms with E-state index in [0.717, 1.165) is 0 Å². The number of hydrogen-bond donors (Lipinski definition) is 1. The van der Waals surface area contributed by atoms with Crippen LogP contribution >= 0.6 is 15.9 Å². The molecule has 0 unspecified atom stereocenters. The summed E-state index contributed by atoms with van der Waals surface area (Å²) < 4.78 is 5.60. The molecule has 0 aromatic carbocycles. The number of aldehydes is 1. The lowest BCUT2D eigenvalue weighted by atomic mass is 10.2. The molecule has 92 valence electrons. The number of hydrogen-bond acceptors (Lipinski definition) is 4. The van der Waals surface area contributed by atoms with Crippen LogP contribution in [0.25, 0.3) is 0 Å². The van der Waals surface area contributed by atoms with Gasteiger partial charge in [0.2, 0.25) is 0 Å². The lowest BCUT2D eigenvalue weighted by Gasteiger charge is -2.20. The van der Waals surface area contributed by atoms with E-state index in [9.17, 15) is 9.59 Å². The van der Waals surface area contributed by atoms with Gasteiger partial charge in [-0.15, -0.1) is 0 Å². The first-order chi connectivity index (χ1) is 7.81. The second-order valence-electron chi connectivity index (χ2n) is 4.34. The summed E-state index contributed by atoms with van der Waals surface area (Å²) in [6.45, 7) is 5.28. The summed E-state index contributed by atoms with van der Waals surface area (Å²) in [5.74, 6) is 0. The van der Waals surface area contributed by atoms with Crippen molar-refractivity contribution in [3.05, 3.63) is 22.4 Å². The number of nitrogens with one attached hydrogen (secondary N) is 1. The van der Waals surface area contributed by atoms with Crippen LogP contribution in [0.15, 0.2) is 16.9 Å². The van der Waals surface area contributed by atoms with Gasteiger partial charge in [-0.05, 0) is 42.8 Å². The average Bonchev–Trinajstić information content (AvgIpc) is 2.14. The van der Waals surface area contributed by atoms with Gasteiger partial charge in [-0.25, -0.2) is 9.78 Å². The Morgan fingerprint density at radius 2 is 2.18 bits per heavy atom. The lowest BCUT2D eigenvalue weighted by Crippen LogP contribution is -2.27. The minimum Gasteiger partial charge on any atom is -0.444 e. The topological polar surface area (TPSA) is 68.3 Å². The molecule has 1 N–H and O–H groups in total. The van der Waals surface area contributed by atoms with E-state index in [2.05, 4.69) is 26.2 Å². The van der Waals surface area contributed by atoms with Crippen molar-refractivity contribution in [3.63, 3.8) is 0 Å². The Morgan fingerprint density at radius 3 is 2.71 bits per heavy atom. The number of pyridine rings is 1. The second kappa shape index (κ2) is 5.27. The van der Waals surface area contributed by atoms with Gasteiger partial charge < -0.3 is 4.74 Å². The van der Waals surface area contributed by atoms with E-state index in [1.165, 1.54) is 12.3 Å². The molecule has 0 aliphatic carbocycles. The van der Waals surface area contributed by atoms with Gasteiger partial charge in [0.15, 0.2) is 6.29 Å². The number of amides is 1. The molecule has 0 aliphatic rings. The van der Waals surface area contributed by atoms with Crippen LogP contribution in [-0.2, 0) is 4.74 Å². The summed E-state index contributed by atoms with van der Waals surface area (Å²) in [4.78, 5) is 26.2. The standard InChI is InChI=1S/C11H13BrN2O3/c1-11(2,3)17-10(16)14-8-4-9(12)13-5-7(8)6-15/h4-6H,1-3H3,(H,13,14,16). The molecule has 0 saturated heterocycles. The van der Waals surface area contributed by atoms with Crippen LogP contribution in [0.3, 0.4) is 0 Å². The molecule has 6 heteroatoms. The van der Waals surface area contributed by atoms with Gasteiger partial charge in [0, 0.05) is 6.20 Å². The first kappa shape index (κ1) is 13.6. The fraction of sp³-hybridized carbons (Fsp3) is 0.364. The molecule has 0 atom stereocenters. The van der Waals surface area contributed by atoms with E-state index in [1.54, 1.807) is 20.8 Å². The van der Waals surface area contributed by atoms with Crippen LogP contribution < -0.4 is 5.32 Å². The molecule has 0 fully saturated rings. The summed E-state index contributed by atoms with van der Waals surface area (Å²) in [6, 6.07) is 1.54. The molecule has 1 amide bonds. The smallest absolute Gasteiger partial charge is 0.412 e. The number of rotatable bonds is 2. The van der Waals surface area contributed by atoms with E-state index in [-0.39, 0.29) is 0 Å². The third kappa shape index (κ3) is 4.52. The number of carbonyl (C=O) groups excluding carboxylic acids is 2. The normalized spacial score (nSPS) is 10.8. The highest BCUT2D eigenvalue weighted by atomic mass is 79.9. The first-order valence-corrected chi connectivity index (χ1v) is 5.72. The minimum atomic E-state index is -0.612. The van der Waals surface area contributed by atoms with Gasteiger partial charge in [0.05, 0.1) is 11.3 Å². The number of aromatic nitrogens is 1. The van der Waals surface area contributed by atoms with E-state index in [0.29, 0.717) is 22.1 Å². The van der Waals surface area contributed by atoms with Crippen LogP contribution in [0, 0.1) is 0 Å². The molecule has 0 aliphatic heterocycles. The van der Waals surface area contributed by atoms with E-state index in [1.807, 2.05) is 0 Å². The quantitative estimate of drug-likeness (QED) is 0.673. The fourth-order valence-corrected chi connectivity index (χ4v) is 1.39. The molecule has 1 aromatic rings. The van der Waals surface area contributed by atoms with Crippen LogP contribution in [0.1, 0.15) is 31.1 Å². The summed E-state index contributed by atoms with van der Waals surface area (Å²) in [5.41, 5.74) is 0.0607. The molecule has 17 heavy (non-hydrogen) atoms. The van der Waals surface area contributed by atoms with Crippen LogP contribution in [0.2, 0.25) is 0 Å². The average molecular weight is 301 g/mol. The Labute approximate surface area is 108 Å². The zero-order chi connectivity index (χ0) is 13.1. The molecule has 5 nitrogen and oxygen atoms in total.